The highest BCUT2D eigenvalue weighted by Gasteiger charge is 2.36. The number of benzene rings is 3. The van der Waals surface area contributed by atoms with Crippen molar-refractivity contribution in [3.05, 3.63) is 133 Å². The summed E-state index contributed by atoms with van der Waals surface area (Å²) in [4.78, 5) is 29.7. The Labute approximate surface area is 274 Å². The number of rotatable bonds is 5. The molecule has 47 heavy (non-hydrogen) atoms. The van der Waals surface area contributed by atoms with E-state index in [9.17, 15) is 22.8 Å². The van der Waals surface area contributed by atoms with Gasteiger partial charge in [-0.15, -0.1) is 0 Å². The molecule has 13 heteroatoms. The average molecular weight is 703 g/mol. The Kier molecular flexibility index (Phi) is 7.58. The van der Waals surface area contributed by atoms with Gasteiger partial charge in [0.25, 0.3) is 11.5 Å². The van der Waals surface area contributed by atoms with Crippen LogP contribution >= 0.6 is 15.9 Å². The Bertz CT molecular complexity index is 2210. The zero-order valence-corrected chi connectivity index (χ0v) is 26.8. The second-order valence-electron chi connectivity index (χ2n) is 11.6. The Morgan fingerprint density at radius 3 is 2.47 bits per heavy atom. The molecule has 3 aromatic heterocycles. The highest BCUT2D eigenvalue weighted by molar-refractivity contribution is 9.10. The summed E-state index contributed by atoms with van der Waals surface area (Å²) < 4.78 is 44.2. The summed E-state index contributed by atoms with van der Waals surface area (Å²) in [5.74, 6) is -0.561. The van der Waals surface area contributed by atoms with Crippen LogP contribution in [0.5, 0.6) is 0 Å². The molecule has 7 rings (SSSR count). The van der Waals surface area contributed by atoms with Crippen LogP contribution < -0.4 is 5.56 Å². The number of aromatic nitrogens is 6. The summed E-state index contributed by atoms with van der Waals surface area (Å²) in [6, 6.07) is 20.3. The van der Waals surface area contributed by atoms with Crippen molar-refractivity contribution in [1.82, 2.24) is 34.5 Å². The van der Waals surface area contributed by atoms with Gasteiger partial charge in [0.1, 0.15) is 11.3 Å². The molecule has 4 heterocycles. The van der Waals surface area contributed by atoms with Crippen molar-refractivity contribution in [1.29, 1.82) is 0 Å². The second kappa shape index (κ2) is 11.6. The Morgan fingerprint density at radius 1 is 1.04 bits per heavy atom. The van der Waals surface area contributed by atoms with Gasteiger partial charge < -0.3 is 4.90 Å². The fourth-order valence-corrected chi connectivity index (χ4v) is 6.67. The summed E-state index contributed by atoms with van der Waals surface area (Å²) in [7, 11) is 0. The van der Waals surface area contributed by atoms with Crippen molar-refractivity contribution in [2.75, 3.05) is 0 Å². The number of halogens is 4. The van der Waals surface area contributed by atoms with E-state index >= 15 is 0 Å². The highest BCUT2D eigenvalue weighted by Crippen LogP contribution is 2.36. The second-order valence-corrected chi connectivity index (χ2v) is 12.5. The van der Waals surface area contributed by atoms with Gasteiger partial charge in [-0.1, -0.05) is 58.4 Å². The lowest BCUT2D eigenvalue weighted by molar-refractivity contribution is -0.138. The number of amides is 1. The van der Waals surface area contributed by atoms with Gasteiger partial charge in [-0.2, -0.15) is 33.7 Å². The van der Waals surface area contributed by atoms with Gasteiger partial charge in [0, 0.05) is 39.2 Å². The van der Waals surface area contributed by atoms with Crippen LogP contribution in [-0.2, 0) is 25.6 Å². The topological polar surface area (TPSA) is 101 Å². The van der Waals surface area contributed by atoms with Crippen molar-refractivity contribution in [2.45, 2.75) is 45.5 Å². The number of alkyl halides is 3. The number of fused-ring (bicyclic) bond motifs is 3. The molecule has 0 fully saturated rings. The zero-order chi connectivity index (χ0) is 33.0. The number of carbonyl (C=O) groups is 1. The van der Waals surface area contributed by atoms with Crippen molar-refractivity contribution in [2.24, 2.45) is 0 Å². The minimum Gasteiger partial charge on any atom is -0.330 e. The Hall–Kier alpha value is -5.04. The van der Waals surface area contributed by atoms with E-state index in [4.69, 9.17) is 5.10 Å². The highest BCUT2D eigenvalue weighted by atomic mass is 79.9. The van der Waals surface area contributed by atoms with Crippen LogP contribution in [0.2, 0.25) is 0 Å². The van der Waals surface area contributed by atoms with E-state index in [0.717, 1.165) is 28.5 Å². The molecule has 0 saturated carbocycles. The molecular formula is C34H27BrF3N7O2. The maximum Gasteiger partial charge on any atom is 0.417 e. The number of nitrogens with zero attached hydrogens (tertiary/aromatic N) is 6. The van der Waals surface area contributed by atoms with Gasteiger partial charge in [-0.3, -0.25) is 14.2 Å². The predicted octanol–water partition coefficient (Wildman–Crippen LogP) is 6.54. The lowest BCUT2D eigenvalue weighted by Crippen LogP contribution is -2.46. The fraction of sp³-hybridized carbons (Fsp3) is 0.206. The first-order valence-corrected chi connectivity index (χ1v) is 15.6. The molecular weight excluding hydrogens is 675 g/mol. The normalized spacial score (nSPS) is 14.9. The van der Waals surface area contributed by atoms with Crippen LogP contribution in [0.1, 0.15) is 50.9 Å². The van der Waals surface area contributed by atoms with E-state index < -0.39 is 23.7 Å². The molecule has 9 nitrogen and oxygen atoms in total. The summed E-state index contributed by atoms with van der Waals surface area (Å²) >= 11 is 2.95. The van der Waals surface area contributed by atoms with Crippen molar-refractivity contribution < 1.29 is 18.0 Å². The molecule has 1 aliphatic heterocycles. The lowest BCUT2D eigenvalue weighted by atomic mass is 9.97. The molecule has 1 aliphatic rings. The van der Waals surface area contributed by atoms with E-state index in [1.165, 1.54) is 17.0 Å². The number of H-pyrrole nitrogens is 1. The maximum absolute atomic E-state index is 14.4. The third-order valence-electron chi connectivity index (χ3n) is 8.58. The van der Waals surface area contributed by atoms with Crippen molar-refractivity contribution in [3.8, 4) is 16.9 Å². The number of aromatic amines is 1. The van der Waals surface area contributed by atoms with Crippen molar-refractivity contribution >= 4 is 27.5 Å². The molecule has 1 amide bonds. The predicted molar refractivity (Wildman–Crippen MR) is 172 cm³/mol. The summed E-state index contributed by atoms with van der Waals surface area (Å²) in [5.41, 5.74) is 5.05. The standard InChI is InChI=1S/C34H27BrF3N7O2/c1-19-14-26-29(18-43(19)32(46)23-10-13-28(35)27(16-23)34(36,37)38)45-31(24(17-39-45)15-21-6-4-3-5-7-21)44(33(26)47)25-11-8-22(9-12-25)30-20(2)40-42-41-30/h3-13,16-17,19H,14-15,18H2,1-2H3,(H,40,41,42)/t19-/m0/s1. The average Bonchev–Trinajstić information content (AvgIpc) is 3.67. The van der Waals surface area contributed by atoms with Crippen LogP contribution in [0.4, 0.5) is 13.2 Å². The van der Waals surface area contributed by atoms with E-state index in [1.54, 1.807) is 22.2 Å². The Balaban J connectivity index is 1.36. The molecule has 1 atom stereocenters. The number of hydrogen-bond donors (Lipinski definition) is 1. The fourth-order valence-electron chi connectivity index (χ4n) is 6.20. The van der Waals surface area contributed by atoms with Gasteiger partial charge in [0.15, 0.2) is 0 Å². The molecule has 0 radical (unpaired) electrons. The van der Waals surface area contributed by atoms with E-state index in [0.29, 0.717) is 34.7 Å². The van der Waals surface area contributed by atoms with Crippen LogP contribution in [0, 0.1) is 6.92 Å². The summed E-state index contributed by atoms with van der Waals surface area (Å²) in [5, 5.41) is 15.7. The molecule has 0 saturated heterocycles. The maximum atomic E-state index is 14.4. The quantitative estimate of drug-likeness (QED) is 0.220. The molecule has 0 unspecified atom stereocenters. The molecule has 238 valence electrons. The van der Waals surface area contributed by atoms with Gasteiger partial charge in [-0.25, -0.2) is 4.52 Å². The van der Waals surface area contributed by atoms with Gasteiger partial charge in [0.05, 0.1) is 35.4 Å². The molecule has 3 aromatic carbocycles. The molecule has 0 spiro atoms. The number of hydrogen-bond acceptors (Lipinski definition) is 5. The van der Waals surface area contributed by atoms with Gasteiger partial charge in [-0.05, 0) is 56.2 Å². The zero-order valence-electron chi connectivity index (χ0n) is 25.2. The Morgan fingerprint density at radius 2 is 1.79 bits per heavy atom. The molecule has 1 N–H and O–H groups in total. The number of nitrogens with one attached hydrogen (secondary N) is 1. The monoisotopic (exact) mass is 701 g/mol. The number of aryl methyl sites for hydroxylation is 1. The number of carbonyl (C=O) groups excluding carboxylic acids is 1. The van der Waals surface area contributed by atoms with E-state index in [2.05, 4.69) is 31.3 Å². The van der Waals surface area contributed by atoms with E-state index in [1.807, 2.05) is 61.5 Å². The van der Waals surface area contributed by atoms with E-state index in [-0.39, 0.29) is 28.6 Å². The summed E-state index contributed by atoms with van der Waals surface area (Å²) in [6.07, 6.45) is -2.22. The minimum atomic E-state index is -4.64. The molecule has 6 aromatic rings. The first-order chi connectivity index (χ1) is 22.5. The van der Waals surface area contributed by atoms with Crippen LogP contribution in [0.25, 0.3) is 22.6 Å². The molecule has 0 aliphatic carbocycles. The van der Waals surface area contributed by atoms with Crippen LogP contribution in [0.3, 0.4) is 0 Å². The third-order valence-corrected chi connectivity index (χ3v) is 9.28. The van der Waals surface area contributed by atoms with Gasteiger partial charge >= 0.3 is 6.18 Å². The van der Waals surface area contributed by atoms with Crippen molar-refractivity contribution in [3.63, 3.8) is 0 Å². The smallest absolute Gasteiger partial charge is 0.330 e. The third kappa shape index (κ3) is 5.43. The first kappa shape index (κ1) is 30.6. The minimum absolute atomic E-state index is 0.00381. The largest absolute Gasteiger partial charge is 0.417 e. The van der Waals surface area contributed by atoms with Gasteiger partial charge in [0.2, 0.25) is 0 Å². The molecule has 0 bridgehead atoms. The van der Waals surface area contributed by atoms with Crippen LogP contribution in [0.15, 0.2) is 88.3 Å². The van der Waals surface area contributed by atoms with Crippen LogP contribution in [-0.4, -0.2) is 46.4 Å². The summed E-state index contributed by atoms with van der Waals surface area (Å²) in [6.45, 7) is 3.64. The SMILES string of the molecule is Cc1n[nH]nc1-c1ccc(-n2c(=O)c3c(n4ncc(Cc5ccccc5)c24)CN(C(=O)c2ccc(Br)c(C(F)(F)F)c2)[C@@H](C)C3)cc1. The lowest BCUT2D eigenvalue weighted by Gasteiger charge is -2.35. The first-order valence-electron chi connectivity index (χ1n) is 14.8.